The summed E-state index contributed by atoms with van der Waals surface area (Å²) in [5, 5.41) is 0. The van der Waals surface area contributed by atoms with Crippen molar-refractivity contribution < 1.29 is 9.47 Å². The molecule has 1 aromatic carbocycles. The summed E-state index contributed by atoms with van der Waals surface area (Å²) in [6, 6.07) is 8.80. The smallest absolute Gasteiger partial charge is 0.191 e. The van der Waals surface area contributed by atoms with Crippen molar-refractivity contribution in [2.75, 3.05) is 46.5 Å². The lowest BCUT2D eigenvalue weighted by atomic mass is 10.00. The second-order valence-electron chi connectivity index (χ2n) is 8.16. The van der Waals surface area contributed by atoms with E-state index in [1.165, 1.54) is 12.8 Å². The lowest BCUT2D eigenvalue weighted by Gasteiger charge is -2.31. The van der Waals surface area contributed by atoms with E-state index in [4.69, 9.17) is 15.2 Å². The Morgan fingerprint density at radius 1 is 1.25 bits per heavy atom. The molecule has 2 aliphatic rings. The topological polar surface area (TPSA) is 63.3 Å². The van der Waals surface area contributed by atoms with Crippen LogP contribution in [0.25, 0.3) is 0 Å². The van der Waals surface area contributed by atoms with Gasteiger partial charge in [0.1, 0.15) is 12.4 Å². The van der Waals surface area contributed by atoms with Crippen LogP contribution < -0.4 is 10.5 Å². The Balaban J connectivity index is 1.43. The number of hydrogen-bond donors (Lipinski definition) is 1. The largest absolute Gasteiger partial charge is 0.492 e. The molecule has 3 rings (SSSR count). The molecular formula is C22H36N4O2. The van der Waals surface area contributed by atoms with Crippen LogP contribution in [0.1, 0.15) is 38.2 Å². The first-order valence-corrected chi connectivity index (χ1v) is 10.7. The number of likely N-dealkylation sites (N-methyl/N-ethyl adjacent to an activating group) is 1. The quantitative estimate of drug-likeness (QED) is 0.575. The SMILES string of the molecule is CC1CCN(C(N)=NCc2cccc(OCCN(C)C3CCOCC3)c2)CC1. The molecule has 0 aromatic heterocycles. The maximum Gasteiger partial charge on any atom is 0.191 e. The van der Waals surface area contributed by atoms with Crippen LogP contribution in [0, 0.1) is 5.92 Å². The number of piperidine rings is 1. The zero-order valence-corrected chi connectivity index (χ0v) is 17.5. The molecule has 0 amide bonds. The third-order valence-corrected chi connectivity index (χ3v) is 5.96. The summed E-state index contributed by atoms with van der Waals surface area (Å²) >= 11 is 0. The monoisotopic (exact) mass is 388 g/mol. The molecule has 0 radical (unpaired) electrons. The van der Waals surface area contributed by atoms with E-state index in [-0.39, 0.29) is 0 Å². The Kier molecular flexibility index (Phi) is 7.98. The van der Waals surface area contributed by atoms with Crippen molar-refractivity contribution in [2.24, 2.45) is 16.6 Å². The molecule has 6 heteroatoms. The van der Waals surface area contributed by atoms with Gasteiger partial charge in [0.25, 0.3) is 0 Å². The van der Waals surface area contributed by atoms with Crippen LogP contribution >= 0.6 is 0 Å². The molecule has 156 valence electrons. The predicted molar refractivity (Wildman–Crippen MR) is 114 cm³/mol. The molecule has 0 bridgehead atoms. The minimum atomic E-state index is 0.594. The zero-order chi connectivity index (χ0) is 19.8. The molecule has 2 saturated heterocycles. The summed E-state index contributed by atoms with van der Waals surface area (Å²) in [5.74, 6) is 2.36. The van der Waals surface area contributed by atoms with Gasteiger partial charge in [-0.2, -0.15) is 0 Å². The summed E-state index contributed by atoms with van der Waals surface area (Å²) in [4.78, 5) is 9.19. The summed E-state index contributed by atoms with van der Waals surface area (Å²) < 4.78 is 11.4. The van der Waals surface area contributed by atoms with Crippen LogP contribution in [0.3, 0.4) is 0 Å². The third kappa shape index (κ3) is 6.38. The lowest BCUT2D eigenvalue weighted by Crippen LogP contribution is -2.42. The van der Waals surface area contributed by atoms with Crippen molar-refractivity contribution in [1.82, 2.24) is 9.80 Å². The highest BCUT2D eigenvalue weighted by Crippen LogP contribution is 2.17. The first-order chi connectivity index (χ1) is 13.6. The average Bonchev–Trinajstić information content (AvgIpc) is 2.73. The fourth-order valence-corrected chi connectivity index (χ4v) is 3.86. The number of aliphatic imine (C=N–C) groups is 1. The number of guanidine groups is 1. The minimum absolute atomic E-state index is 0.594. The molecule has 2 heterocycles. The Bertz CT molecular complexity index is 623. The van der Waals surface area contributed by atoms with Gasteiger partial charge in [-0.3, -0.25) is 4.90 Å². The normalized spacial score (nSPS) is 20.0. The van der Waals surface area contributed by atoms with Gasteiger partial charge in [-0.05, 0) is 56.3 Å². The van der Waals surface area contributed by atoms with Crippen LogP contribution in [0.2, 0.25) is 0 Å². The molecule has 6 nitrogen and oxygen atoms in total. The number of hydrogen-bond acceptors (Lipinski definition) is 4. The molecule has 0 atom stereocenters. The van der Waals surface area contributed by atoms with Crippen molar-refractivity contribution in [3.63, 3.8) is 0 Å². The van der Waals surface area contributed by atoms with Crippen molar-refractivity contribution >= 4 is 5.96 Å². The number of nitrogens with two attached hydrogens (primary N) is 1. The number of rotatable bonds is 7. The average molecular weight is 389 g/mol. The Hall–Kier alpha value is -1.79. The molecular weight excluding hydrogens is 352 g/mol. The molecule has 0 aliphatic carbocycles. The fraction of sp³-hybridized carbons (Fsp3) is 0.682. The van der Waals surface area contributed by atoms with Crippen molar-refractivity contribution in [3.05, 3.63) is 29.8 Å². The van der Waals surface area contributed by atoms with E-state index < -0.39 is 0 Å². The van der Waals surface area contributed by atoms with Crippen LogP contribution in [-0.4, -0.2) is 68.3 Å². The lowest BCUT2D eigenvalue weighted by molar-refractivity contribution is 0.0392. The highest BCUT2D eigenvalue weighted by atomic mass is 16.5. The summed E-state index contributed by atoms with van der Waals surface area (Å²) in [7, 11) is 2.18. The van der Waals surface area contributed by atoms with Crippen molar-refractivity contribution in [2.45, 2.75) is 45.2 Å². The van der Waals surface area contributed by atoms with E-state index in [0.717, 1.165) is 62.9 Å². The number of nitrogens with zero attached hydrogens (tertiary/aromatic N) is 3. The predicted octanol–water partition coefficient (Wildman–Crippen LogP) is 2.72. The molecule has 0 saturated carbocycles. The number of ether oxygens (including phenoxy) is 2. The van der Waals surface area contributed by atoms with E-state index in [9.17, 15) is 0 Å². The molecule has 2 aliphatic heterocycles. The minimum Gasteiger partial charge on any atom is -0.492 e. The van der Waals surface area contributed by atoms with Crippen molar-refractivity contribution in [1.29, 1.82) is 0 Å². The van der Waals surface area contributed by atoms with Crippen LogP contribution in [0.15, 0.2) is 29.3 Å². The highest BCUT2D eigenvalue weighted by molar-refractivity contribution is 5.78. The maximum atomic E-state index is 6.19. The van der Waals surface area contributed by atoms with Crippen LogP contribution in [0.5, 0.6) is 5.75 Å². The molecule has 28 heavy (non-hydrogen) atoms. The number of likely N-dealkylation sites (tertiary alicyclic amines) is 1. The Morgan fingerprint density at radius 2 is 2.00 bits per heavy atom. The van der Waals surface area contributed by atoms with Crippen molar-refractivity contribution in [3.8, 4) is 5.75 Å². The summed E-state index contributed by atoms with van der Waals surface area (Å²) in [6.07, 6.45) is 4.62. The molecule has 0 unspecified atom stereocenters. The molecule has 0 spiro atoms. The van der Waals surface area contributed by atoms with Gasteiger partial charge in [-0.1, -0.05) is 19.1 Å². The van der Waals surface area contributed by atoms with Crippen LogP contribution in [-0.2, 0) is 11.3 Å². The Morgan fingerprint density at radius 3 is 2.75 bits per heavy atom. The Labute approximate surface area is 169 Å². The highest BCUT2D eigenvalue weighted by Gasteiger charge is 2.18. The van der Waals surface area contributed by atoms with E-state index in [1.807, 2.05) is 12.1 Å². The van der Waals surface area contributed by atoms with E-state index in [2.05, 4.69) is 40.9 Å². The van der Waals surface area contributed by atoms with Gasteiger partial charge in [-0.15, -0.1) is 0 Å². The van der Waals surface area contributed by atoms with Gasteiger partial charge < -0.3 is 20.1 Å². The van der Waals surface area contributed by atoms with Gasteiger partial charge >= 0.3 is 0 Å². The molecule has 2 fully saturated rings. The van der Waals surface area contributed by atoms with E-state index in [0.29, 0.717) is 25.2 Å². The van der Waals surface area contributed by atoms with E-state index >= 15 is 0 Å². The second-order valence-corrected chi connectivity index (χ2v) is 8.16. The zero-order valence-electron chi connectivity index (χ0n) is 17.5. The maximum absolute atomic E-state index is 6.19. The van der Waals surface area contributed by atoms with Gasteiger partial charge in [-0.25, -0.2) is 4.99 Å². The first kappa shape index (κ1) is 20.9. The van der Waals surface area contributed by atoms with Gasteiger partial charge in [0.05, 0.1) is 6.54 Å². The van der Waals surface area contributed by atoms with Crippen LogP contribution in [0.4, 0.5) is 0 Å². The van der Waals surface area contributed by atoms with E-state index in [1.54, 1.807) is 0 Å². The van der Waals surface area contributed by atoms with Gasteiger partial charge in [0.15, 0.2) is 5.96 Å². The summed E-state index contributed by atoms with van der Waals surface area (Å²) in [6.45, 7) is 8.28. The standard InChI is InChI=1S/C22H36N4O2/c1-18-6-10-26(11-7-18)22(23)24-17-19-4-3-5-21(16-19)28-15-12-25(2)20-8-13-27-14-9-20/h3-5,16,18,20H,6-15,17H2,1-2H3,(H2,23,24). The fourth-order valence-electron chi connectivity index (χ4n) is 3.86. The summed E-state index contributed by atoms with van der Waals surface area (Å²) in [5.41, 5.74) is 7.32. The van der Waals surface area contributed by atoms with Gasteiger partial charge in [0, 0.05) is 38.9 Å². The molecule has 1 aromatic rings. The third-order valence-electron chi connectivity index (χ3n) is 5.96. The second kappa shape index (κ2) is 10.7. The first-order valence-electron chi connectivity index (χ1n) is 10.7. The molecule has 2 N–H and O–H groups in total. The number of benzene rings is 1. The van der Waals surface area contributed by atoms with Gasteiger partial charge in [0.2, 0.25) is 0 Å².